The van der Waals surface area contributed by atoms with Crippen LogP contribution in [-0.4, -0.2) is 16.3 Å². The lowest BCUT2D eigenvalue weighted by atomic mass is 10.2. The minimum Gasteiger partial charge on any atom is -0.480 e. The van der Waals surface area contributed by atoms with E-state index in [9.17, 15) is 4.79 Å². The molecule has 0 saturated carbocycles. The Hall–Kier alpha value is -0.960. The zero-order valence-electron chi connectivity index (χ0n) is 8.36. The number of carboxylic acid groups (broad SMARTS) is 1. The number of rotatable bonds is 4. The maximum absolute atomic E-state index is 10.6. The molecule has 0 saturated heterocycles. The molecule has 0 heterocycles. The molecule has 0 amide bonds. The van der Waals surface area contributed by atoms with Crippen molar-refractivity contribution in [3.63, 3.8) is 0 Å². The molecule has 0 spiro atoms. The van der Waals surface area contributed by atoms with Gasteiger partial charge in [-0.05, 0) is 31.0 Å². The van der Waals surface area contributed by atoms with Gasteiger partial charge < -0.3 is 5.11 Å². The second-order valence-electron chi connectivity index (χ2n) is 3.10. The van der Waals surface area contributed by atoms with Gasteiger partial charge in [0.05, 0.1) is 0 Å². The van der Waals surface area contributed by atoms with Crippen LogP contribution in [0, 0.1) is 0 Å². The molecule has 1 aromatic carbocycles. The van der Waals surface area contributed by atoms with Gasteiger partial charge in [0.2, 0.25) is 0 Å². The molecule has 1 atom stereocenters. The van der Waals surface area contributed by atoms with Gasteiger partial charge in [0.15, 0.2) is 0 Å². The van der Waals surface area contributed by atoms with Crippen LogP contribution in [0.5, 0.6) is 0 Å². The second kappa shape index (κ2) is 5.05. The number of hydrogen-bond acceptors (Lipinski definition) is 2. The predicted molar refractivity (Wildman–Crippen MR) is 58.8 cm³/mol. The molecule has 0 aliphatic rings. The molecule has 1 rings (SSSR count). The van der Waals surface area contributed by atoms with E-state index in [-0.39, 0.29) is 5.25 Å². The zero-order valence-corrected chi connectivity index (χ0v) is 9.17. The topological polar surface area (TPSA) is 37.3 Å². The predicted octanol–water partition coefficient (Wildman–Crippen LogP) is 2.81. The first-order valence-corrected chi connectivity index (χ1v) is 5.50. The molecule has 1 unspecified atom stereocenters. The highest BCUT2D eigenvalue weighted by Crippen LogP contribution is 2.23. The summed E-state index contributed by atoms with van der Waals surface area (Å²) in [5, 5.41) is 8.34. The lowest BCUT2D eigenvalue weighted by Crippen LogP contribution is -2.10. The average molecular weight is 210 g/mol. The number of carbonyl (C=O) groups is 1. The van der Waals surface area contributed by atoms with E-state index in [1.54, 1.807) is 6.92 Å². The molecule has 0 bridgehead atoms. The average Bonchev–Trinajstić information content (AvgIpc) is 2.19. The van der Waals surface area contributed by atoms with Crippen molar-refractivity contribution in [2.24, 2.45) is 0 Å². The Morgan fingerprint density at radius 3 is 2.43 bits per heavy atom. The van der Waals surface area contributed by atoms with Crippen molar-refractivity contribution in [1.82, 2.24) is 0 Å². The lowest BCUT2D eigenvalue weighted by Gasteiger charge is -2.06. The molecule has 76 valence electrons. The number of carboxylic acids is 1. The summed E-state index contributed by atoms with van der Waals surface area (Å²) >= 11 is 1.37. The van der Waals surface area contributed by atoms with E-state index in [1.165, 1.54) is 17.3 Å². The first kappa shape index (κ1) is 11.1. The van der Waals surface area contributed by atoms with Crippen molar-refractivity contribution in [2.75, 3.05) is 0 Å². The van der Waals surface area contributed by atoms with E-state index in [2.05, 4.69) is 6.92 Å². The summed E-state index contributed by atoms with van der Waals surface area (Å²) in [7, 11) is 0. The molecule has 3 heteroatoms. The maximum atomic E-state index is 10.6. The quantitative estimate of drug-likeness (QED) is 0.776. The summed E-state index contributed by atoms with van der Waals surface area (Å²) in [5.41, 5.74) is 1.28. The van der Waals surface area contributed by atoms with Gasteiger partial charge in [0.25, 0.3) is 0 Å². The number of hydrogen-bond donors (Lipinski definition) is 1. The van der Waals surface area contributed by atoms with Crippen molar-refractivity contribution in [3.8, 4) is 0 Å². The normalized spacial score (nSPS) is 12.4. The Kier molecular flexibility index (Phi) is 4.01. The van der Waals surface area contributed by atoms with Gasteiger partial charge in [-0.15, -0.1) is 11.8 Å². The van der Waals surface area contributed by atoms with Crippen LogP contribution in [0.1, 0.15) is 19.4 Å². The highest BCUT2D eigenvalue weighted by Gasteiger charge is 2.11. The Labute approximate surface area is 88.3 Å². The number of aryl methyl sites for hydroxylation is 1. The molecular formula is C11H14O2S. The Morgan fingerprint density at radius 1 is 1.43 bits per heavy atom. The zero-order chi connectivity index (χ0) is 10.6. The van der Waals surface area contributed by atoms with Crippen LogP contribution in [0.3, 0.4) is 0 Å². The van der Waals surface area contributed by atoms with E-state index in [0.29, 0.717) is 0 Å². The summed E-state index contributed by atoms with van der Waals surface area (Å²) in [6.07, 6.45) is 1.01. The molecule has 0 fully saturated rings. The van der Waals surface area contributed by atoms with Crippen LogP contribution in [0.15, 0.2) is 29.2 Å². The second-order valence-corrected chi connectivity index (χ2v) is 4.51. The van der Waals surface area contributed by atoms with Crippen LogP contribution < -0.4 is 0 Å². The Balaban J connectivity index is 2.64. The third-order valence-corrected chi connectivity index (χ3v) is 3.09. The molecule has 0 aliphatic heterocycles. The van der Waals surface area contributed by atoms with Gasteiger partial charge in [-0.2, -0.15) is 0 Å². The van der Waals surface area contributed by atoms with E-state index in [4.69, 9.17) is 5.11 Å². The first-order chi connectivity index (χ1) is 6.63. The molecule has 0 aliphatic carbocycles. The summed E-state index contributed by atoms with van der Waals surface area (Å²) < 4.78 is 0. The number of thioether (sulfide) groups is 1. The summed E-state index contributed by atoms with van der Waals surface area (Å²) in [4.78, 5) is 11.6. The molecule has 1 N–H and O–H groups in total. The Bertz CT molecular complexity index is 306. The fourth-order valence-electron chi connectivity index (χ4n) is 1.06. The maximum Gasteiger partial charge on any atom is 0.316 e. The molecule has 14 heavy (non-hydrogen) atoms. The van der Waals surface area contributed by atoms with Crippen LogP contribution in [0.4, 0.5) is 0 Å². The van der Waals surface area contributed by atoms with Crippen LogP contribution in [-0.2, 0) is 11.2 Å². The minimum absolute atomic E-state index is 0.387. The Morgan fingerprint density at radius 2 is 2.00 bits per heavy atom. The molecule has 2 nitrogen and oxygen atoms in total. The minimum atomic E-state index is -0.769. The van der Waals surface area contributed by atoms with Crippen molar-refractivity contribution in [3.05, 3.63) is 29.8 Å². The van der Waals surface area contributed by atoms with Crippen molar-refractivity contribution < 1.29 is 9.90 Å². The van der Waals surface area contributed by atoms with Crippen LogP contribution in [0.2, 0.25) is 0 Å². The number of aliphatic carboxylic acids is 1. The van der Waals surface area contributed by atoms with Gasteiger partial charge in [0.1, 0.15) is 5.25 Å². The van der Waals surface area contributed by atoms with E-state index in [1.807, 2.05) is 24.3 Å². The SMILES string of the molecule is CCc1ccc(SC(C)C(=O)O)cc1. The van der Waals surface area contributed by atoms with Crippen molar-refractivity contribution >= 4 is 17.7 Å². The number of benzene rings is 1. The summed E-state index contributed by atoms with van der Waals surface area (Å²) in [6.45, 7) is 3.79. The van der Waals surface area contributed by atoms with Gasteiger partial charge >= 0.3 is 5.97 Å². The van der Waals surface area contributed by atoms with Crippen molar-refractivity contribution in [1.29, 1.82) is 0 Å². The van der Waals surface area contributed by atoms with Gasteiger partial charge in [-0.1, -0.05) is 19.1 Å². The molecule has 1 aromatic rings. The van der Waals surface area contributed by atoms with Crippen LogP contribution in [0.25, 0.3) is 0 Å². The standard InChI is InChI=1S/C11H14O2S/c1-3-9-4-6-10(7-5-9)14-8(2)11(12)13/h4-8H,3H2,1-2H3,(H,12,13). The third kappa shape index (κ3) is 3.07. The van der Waals surface area contributed by atoms with Gasteiger partial charge in [0, 0.05) is 4.90 Å². The van der Waals surface area contributed by atoms with E-state index < -0.39 is 5.97 Å². The first-order valence-electron chi connectivity index (χ1n) is 4.62. The fraction of sp³-hybridized carbons (Fsp3) is 0.364. The lowest BCUT2D eigenvalue weighted by molar-refractivity contribution is -0.136. The summed E-state index contributed by atoms with van der Waals surface area (Å²) in [5.74, 6) is -0.769. The van der Waals surface area contributed by atoms with Crippen LogP contribution >= 0.6 is 11.8 Å². The van der Waals surface area contributed by atoms with Gasteiger partial charge in [-0.25, -0.2) is 0 Å². The summed E-state index contributed by atoms with van der Waals surface area (Å²) in [6, 6.07) is 8.03. The highest BCUT2D eigenvalue weighted by molar-refractivity contribution is 8.00. The fourth-order valence-corrected chi connectivity index (χ4v) is 1.86. The molecule has 0 aromatic heterocycles. The highest BCUT2D eigenvalue weighted by atomic mass is 32.2. The third-order valence-electron chi connectivity index (χ3n) is 1.99. The van der Waals surface area contributed by atoms with E-state index in [0.717, 1.165) is 11.3 Å². The molecule has 0 radical (unpaired) electrons. The smallest absolute Gasteiger partial charge is 0.316 e. The monoisotopic (exact) mass is 210 g/mol. The van der Waals surface area contributed by atoms with E-state index >= 15 is 0 Å². The van der Waals surface area contributed by atoms with Gasteiger partial charge in [-0.3, -0.25) is 4.79 Å². The molecular weight excluding hydrogens is 196 g/mol. The van der Waals surface area contributed by atoms with Crippen molar-refractivity contribution in [2.45, 2.75) is 30.4 Å². The largest absolute Gasteiger partial charge is 0.480 e.